The number of piperidine rings is 1. The maximum Gasteiger partial charge on any atom is 0.0282 e. The molecule has 2 fully saturated rings. The minimum Gasteiger partial charge on any atom is -0.311 e. The first-order valence-electron chi connectivity index (χ1n) is 5.71. The molecule has 2 aliphatic rings. The molecule has 1 atom stereocenters. The third kappa shape index (κ3) is 2.65. The van der Waals surface area contributed by atoms with Crippen molar-refractivity contribution >= 4 is 11.8 Å². The Morgan fingerprint density at radius 2 is 2.29 bits per heavy atom. The molecule has 2 rings (SSSR count). The second-order valence-corrected chi connectivity index (χ2v) is 6.14. The van der Waals surface area contributed by atoms with Gasteiger partial charge in [0.1, 0.15) is 0 Å². The van der Waals surface area contributed by atoms with Crippen LogP contribution in [-0.4, -0.2) is 48.6 Å². The maximum absolute atomic E-state index is 3.74. The maximum atomic E-state index is 3.74. The van der Waals surface area contributed by atoms with Gasteiger partial charge in [0, 0.05) is 23.9 Å². The Morgan fingerprint density at radius 3 is 2.86 bits per heavy atom. The Bertz CT molecular complexity index is 192. The lowest BCUT2D eigenvalue weighted by Gasteiger charge is -2.31. The molecular formula is C11H22N2S. The minimum absolute atomic E-state index is 0.621. The van der Waals surface area contributed by atoms with E-state index >= 15 is 0 Å². The summed E-state index contributed by atoms with van der Waals surface area (Å²) in [6, 6.07) is 0.748. The highest BCUT2D eigenvalue weighted by Gasteiger charge is 2.41. The van der Waals surface area contributed by atoms with Gasteiger partial charge in [0.25, 0.3) is 0 Å². The van der Waals surface area contributed by atoms with E-state index in [2.05, 4.69) is 35.3 Å². The molecule has 0 radical (unpaired) electrons. The summed E-state index contributed by atoms with van der Waals surface area (Å²) in [6.45, 7) is 3.75. The molecule has 1 heterocycles. The molecule has 0 bridgehead atoms. The zero-order chi connectivity index (χ0) is 10.0. The van der Waals surface area contributed by atoms with Gasteiger partial charge in [-0.25, -0.2) is 0 Å². The number of nitrogens with zero attached hydrogens (tertiary/aromatic N) is 1. The second-order valence-electron chi connectivity index (χ2n) is 4.87. The fourth-order valence-electron chi connectivity index (χ4n) is 2.26. The summed E-state index contributed by atoms with van der Waals surface area (Å²) in [5.74, 6) is 0. The summed E-state index contributed by atoms with van der Waals surface area (Å²) in [7, 11) is 2.23. The van der Waals surface area contributed by atoms with E-state index in [0.717, 1.165) is 6.04 Å². The zero-order valence-corrected chi connectivity index (χ0v) is 10.2. The van der Waals surface area contributed by atoms with Crippen LogP contribution in [0.5, 0.6) is 0 Å². The van der Waals surface area contributed by atoms with Crippen LogP contribution in [0.2, 0.25) is 0 Å². The van der Waals surface area contributed by atoms with Crippen molar-refractivity contribution in [3.05, 3.63) is 0 Å². The molecule has 0 aromatic heterocycles. The topological polar surface area (TPSA) is 15.3 Å². The molecule has 1 aliphatic carbocycles. The van der Waals surface area contributed by atoms with Crippen LogP contribution in [0.3, 0.4) is 0 Å². The van der Waals surface area contributed by atoms with E-state index in [9.17, 15) is 0 Å². The minimum atomic E-state index is 0.621. The van der Waals surface area contributed by atoms with E-state index in [-0.39, 0.29) is 0 Å². The number of likely N-dealkylation sites (N-methyl/N-ethyl adjacent to an activating group) is 1. The van der Waals surface area contributed by atoms with Gasteiger partial charge >= 0.3 is 0 Å². The van der Waals surface area contributed by atoms with Crippen LogP contribution >= 0.6 is 11.8 Å². The van der Waals surface area contributed by atoms with E-state index in [1.54, 1.807) is 0 Å². The molecule has 1 saturated heterocycles. The van der Waals surface area contributed by atoms with Crippen LogP contribution in [0.15, 0.2) is 0 Å². The normalized spacial score (nSPS) is 31.7. The van der Waals surface area contributed by atoms with Crippen molar-refractivity contribution in [1.29, 1.82) is 0 Å². The highest BCUT2D eigenvalue weighted by atomic mass is 32.2. The molecule has 0 amide bonds. The highest BCUT2D eigenvalue weighted by Crippen LogP contribution is 2.46. The smallest absolute Gasteiger partial charge is 0.0282 e. The summed E-state index contributed by atoms with van der Waals surface area (Å²) in [5, 5.41) is 3.74. The van der Waals surface area contributed by atoms with Crippen molar-refractivity contribution in [2.24, 2.45) is 0 Å². The van der Waals surface area contributed by atoms with Crippen LogP contribution in [0.25, 0.3) is 0 Å². The van der Waals surface area contributed by atoms with E-state index in [1.165, 1.54) is 45.3 Å². The Hall–Kier alpha value is 0.270. The molecule has 1 saturated carbocycles. The van der Waals surface area contributed by atoms with E-state index in [4.69, 9.17) is 0 Å². The van der Waals surface area contributed by atoms with Gasteiger partial charge in [0.05, 0.1) is 0 Å². The first kappa shape index (κ1) is 10.8. The van der Waals surface area contributed by atoms with Crippen molar-refractivity contribution in [3.8, 4) is 0 Å². The van der Waals surface area contributed by atoms with Gasteiger partial charge in [0.15, 0.2) is 0 Å². The van der Waals surface area contributed by atoms with Crippen LogP contribution in [-0.2, 0) is 0 Å². The molecule has 0 aromatic carbocycles. The summed E-state index contributed by atoms with van der Waals surface area (Å²) < 4.78 is 0.621. The van der Waals surface area contributed by atoms with Crippen LogP contribution in [0.4, 0.5) is 0 Å². The van der Waals surface area contributed by atoms with Gasteiger partial charge in [-0.15, -0.1) is 0 Å². The third-order valence-corrected chi connectivity index (χ3v) is 5.00. The second kappa shape index (κ2) is 4.42. The number of nitrogens with one attached hydrogen (secondary N) is 1. The lowest BCUT2D eigenvalue weighted by molar-refractivity contribution is 0.227. The van der Waals surface area contributed by atoms with Gasteiger partial charge < -0.3 is 10.2 Å². The average molecular weight is 214 g/mol. The SMILES string of the molecule is CSC1(CNC2CCCN(C)C2)CC1. The van der Waals surface area contributed by atoms with Crippen molar-refractivity contribution in [2.45, 2.75) is 36.5 Å². The lowest BCUT2D eigenvalue weighted by atomic mass is 10.1. The molecule has 1 unspecified atom stereocenters. The molecule has 82 valence electrons. The first-order chi connectivity index (χ1) is 6.74. The fraction of sp³-hybridized carbons (Fsp3) is 1.00. The van der Waals surface area contributed by atoms with E-state index < -0.39 is 0 Å². The van der Waals surface area contributed by atoms with Crippen LogP contribution < -0.4 is 5.32 Å². The van der Waals surface area contributed by atoms with Crippen molar-refractivity contribution in [1.82, 2.24) is 10.2 Å². The quantitative estimate of drug-likeness (QED) is 0.765. The molecule has 14 heavy (non-hydrogen) atoms. The Morgan fingerprint density at radius 1 is 1.50 bits per heavy atom. The summed E-state index contributed by atoms with van der Waals surface area (Å²) in [6.07, 6.45) is 7.82. The summed E-state index contributed by atoms with van der Waals surface area (Å²) in [4.78, 5) is 2.44. The Labute approximate surface area is 91.8 Å². The molecule has 1 N–H and O–H groups in total. The number of hydrogen-bond acceptors (Lipinski definition) is 3. The van der Waals surface area contributed by atoms with E-state index in [1.807, 2.05) is 0 Å². The van der Waals surface area contributed by atoms with Crippen molar-refractivity contribution < 1.29 is 0 Å². The van der Waals surface area contributed by atoms with Gasteiger partial charge in [-0.05, 0) is 45.5 Å². The molecule has 3 heteroatoms. The highest BCUT2D eigenvalue weighted by molar-refractivity contribution is 8.00. The van der Waals surface area contributed by atoms with Crippen molar-refractivity contribution in [3.63, 3.8) is 0 Å². The van der Waals surface area contributed by atoms with Crippen molar-refractivity contribution in [2.75, 3.05) is 32.9 Å². The Kier molecular flexibility index (Phi) is 3.40. The van der Waals surface area contributed by atoms with Gasteiger partial charge in [-0.1, -0.05) is 0 Å². The Balaban J connectivity index is 1.69. The van der Waals surface area contributed by atoms with Gasteiger partial charge in [0.2, 0.25) is 0 Å². The summed E-state index contributed by atoms with van der Waals surface area (Å²) in [5.41, 5.74) is 0. The fourth-order valence-corrected chi connectivity index (χ4v) is 2.99. The van der Waals surface area contributed by atoms with E-state index in [0.29, 0.717) is 4.75 Å². The summed E-state index contributed by atoms with van der Waals surface area (Å²) >= 11 is 2.05. The largest absolute Gasteiger partial charge is 0.311 e. The van der Waals surface area contributed by atoms with Gasteiger partial charge in [-0.2, -0.15) is 11.8 Å². The number of rotatable bonds is 4. The molecular weight excluding hydrogens is 192 g/mol. The monoisotopic (exact) mass is 214 g/mol. The third-order valence-electron chi connectivity index (χ3n) is 3.58. The lowest BCUT2D eigenvalue weighted by Crippen LogP contribution is -2.46. The number of thioether (sulfide) groups is 1. The predicted molar refractivity (Wildman–Crippen MR) is 64.0 cm³/mol. The number of hydrogen-bond donors (Lipinski definition) is 1. The van der Waals surface area contributed by atoms with Gasteiger partial charge in [-0.3, -0.25) is 0 Å². The van der Waals surface area contributed by atoms with Crippen LogP contribution in [0.1, 0.15) is 25.7 Å². The molecule has 2 nitrogen and oxygen atoms in total. The zero-order valence-electron chi connectivity index (χ0n) is 9.38. The first-order valence-corrected chi connectivity index (χ1v) is 6.94. The molecule has 0 aromatic rings. The number of likely N-dealkylation sites (tertiary alicyclic amines) is 1. The predicted octanol–water partition coefficient (Wildman–Crippen LogP) is 1.57. The molecule has 1 aliphatic heterocycles. The average Bonchev–Trinajstić information content (AvgIpc) is 2.96. The molecule has 0 spiro atoms. The van der Waals surface area contributed by atoms with Crippen LogP contribution in [0, 0.1) is 0 Å². The standard InChI is InChI=1S/C11H22N2S/c1-13-7-3-4-10(8-13)12-9-11(14-2)5-6-11/h10,12H,3-9H2,1-2H3.